The number of benzene rings is 6. The van der Waals surface area contributed by atoms with Crippen LogP contribution in [-0.2, 0) is 5.41 Å². The molecule has 0 unspecified atom stereocenters. The van der Waals surface area contributed by atoms with Gasteiger partial charge in [0.05, 0.1) is 15.9 Å². The molecular weight excluding hydrogens is 621 g/mol. The number of para-hydroxylation sites is 3. The van der Waals surface area contributed by atoms with E-state index in [0.717, 1.165) is 70.7 Å². The highest BCUT2D eigenvalue weighted by molar-refractivity contribution is 7.21. The van der Waals surface area contributed by atoms with E-state index in [1.807, 2.05) is 42.5 Å². The number of furan rings is 1. The van der Waals surface area contributed by atoms with Crippen molar-refractivity contribution in [3.8, 4) is 38.6 Å². The van der Waals surface area contributed by atoms with Crippen molar-refractivity contribution in [3.05, 3.63) is 138 Å². The molecule has 0 atom stereocenters. The smallest absolute Gasteiger partial charge is 0.143 e. The molecule has 0 bridgehead atoms. The maximum Gasteiger partial charge on any atom is 0.143 e. The molecule has 0 amide bonds. The molecule has 0 saturated heterocycles. The fourth-order valence-electron chi connectivity index (χ4n) is 6.65. The van der Waals surface area contributed by atoms with Crippen LogP contribution in [0.15, 0.2) is 125 Å². The number of phenolic OH excluding ortho intramolecular Hbond substituents is 1. The molecule has 4 nitrogen and oxygen atoms in total. The Morgan fingerprint density at radius 1 is 0.714 bits per heavy atom. The predicted octanol–water partition coefficient (Wildman–Crippen LogP) is 12.6. The Hall–Kier alpha value is -5.52. The standard InChI is InChI=1S/C44H36N2O2S/c1-26-19-27(2)21-28(20-26)29-23-36(34-14-10-13-33-32-11-7-9-16-39(32)48-42(33)34)41-40(24-29)49-43(46-41)35-12-6-8-15-37(35)45-25-30-22-31(44(3,4)5)17-18-38(30)47/h6-25,47H,1-5H3. The number of hydrogen-bond donors (Lipinski definition) is 1. The summed E-state index contributed by atoms with van der Waals surface area (Å²) in [5.41, 5.74) is 13.0. The van der Waals surface area contributed by atoms with Crippen LogP contribution in [0.2, 0.25) is 0 Å². The summed E-state index contributed by atoms with van der Waals surface area (Å²) in [5.74, 6) is 0.206. The number of fused-ring (bicyclic) bond motifs is 4. The highest BCUT2D eigenvalue weighted by atomic mass is 32.1. The van der Waals surface area contributed by atoms with Gasteiger partial charge in [-0.1, -0.05) is 105 Å². The minimum atomic E-state index is -0.0460. The molecule has 8 aromatic rings. The first-order valence-corrected chi connectivity index (χ1v) is 17.3. The highest BCUT2D eigenvalue weighted by Crippen LogP contribution is 2.44. The average molecular weight is 657 g/mol. The Morgan fingerprint density at radius 3 is 2.24 bits per heavy atom. The number of rotatable bonds is 5. The molecule has 0 radical (unpaired) electrons. The molecule has 0 spiro atoms. The Morgan fingerprint density at radius 2 is 1.43 bits per heavy atom. The lowest BCUT2D eigenvalue weighted by atomic mass is 9.86. The molecule has 0 aliphatic carbocycles. The second kappa shape index (κ2) is 11.9. The van der Waals surface area contributed by atoms with Crippen molar-refractivity contribution in [2.45, 2.75) is 40.0 Å². The predicted molar refractivity (Wildman–Crippen MR) is 207 cm³/mol. The lowest BCUT2D eigenvalue weighted by Gasteiger charge is -2.19. The van der Waals surface area contributed by atoms with Crippen molar-refractivity contribution >= 4 is 55.4 Å². The van der Waals surface area contributed by atoms with Gasteiger partial charge >= 0.3 is 0 Å². The summed E-state index contributed by atoms with van der Waals surface area (Å²) >= 11 is 1.67. The molecule has 49 heavy (non-hydrogen) atoms. The Kier molecular flexibility index (Phi) is 7.46. The Balaban J connectivity index is 1.32. The second-order valence-corrected chi connectivity index (χ2v) is 14.9. The third-order valence-corrected chi connectivity index (χ3v) is 10.2. The van der Waals surface area contributed by atoms with E-state index < -0.39 is 0 Å². The van der Waals surface area contributed by atoms with E-state index >= 15 is 0 Å². The number of nitrogens with zero attached hydrogens (tertiary/aromatic N) is 2. The van der Waals surface area contributed by atoms with Crippen LogP contribution < -0.4 is 0 Å². The van der Waals surface area contributed by atoms with Gasteiger partial charge in [-0.05, 0) is 78.4 Å². The van der Waals surface area contributed by atoms with Crippen LogP contribution in [0.25, 0.3) is 65.0 Å². The van der Waals surface area contributed by atoms with Crippen molar-refractivity contribution in [3.63, 3.8) is 0 Å². The normalized spacial score (nSPS) is 12.2. The van der Waals surface area contributed by atoms with Gasteiger partial charge in [0.15, 0.2) is 0 Å². The monoisotopic (exact) mass is 656 g/mol. The number of hydrogen-bond acceptors (Lipinski definition) is 5. The van der Waals surface area contributed by atoms with Crippen molar-refractivity contribution < 1.29 is 9.52 Å². The summed E-state index contributed by atoms with van der Waals surface area (Å²) in [6, 6.07) is 39.6. The SMILES string of the molecule is Cc1cc(C)cc(-c2cc(-c3cccc4c3oc3ccccc34)c3nc(-c4ccccc4N=Cc4cc(C(C)(C)C)ccc4O)sc3c2)c1. The molecule has 0 saturated carbocycles. The number of thiazole rings is 1. The zero-order chi connectivity index (χ0) is 33.9. The largest absolute Gasteiger partial charge is 0.507 e. The Bertz CT molecular complexity index is 2560. The number of aryl methyl sites for hydroxylation is 2. The molecule has 0 fully saturated rings. The van der Waals surface area contributed by atoms with E-state index in [1.54, 1.807) is 23.6 Å². The lowest BCUT2D eigenvalue weighted by Crippen LogP contribution is -2.11. The first-order chi connectivity index (χ1) is 23.6. The van der Waals surface area contributed by atoms with Crippen molar-refractivity contribution in [2.24, 2.45) is 4.99 Å². The summed E-state index contributed by atoms with van der Waals surface area (Å²) in [6.45, 7) is 10.8. The van der Waals surface area contributed by atoms with Crippen molar-refractivity contribution in [2.75, 3.05) is 0 Å². The molecule has 0 aliphatic rings. The van der Waals surface area contributed by atoms with Crippen LogP contribution in [0.3, 0.4) is 0 Å². The van der Waals surface area contributed by atoms with Crippen LogP contribution in [-0.4, -0.2) is 16.3 Å². The molecule has 6 aromatic carbocycles. The van der Waals surface area contributed by atoms with E-state index in [0.29, 0.717) is 5.56 Å². The van der Waals surface area contributed by atoms with Gasteiger partial charge in [-0.25, -0.2) is 4.98 Å². The number of aliphatic imine (C=N–C) groups is 1. The van der Waals surface area contributed by atoms with E-state index in [1.165, 1.54) is 16.7 Å². The maximum absolute atomic E-state index is 10.7. The van der Waals surface area contributed by atoms with Crippen molar-refractivity contribution in [1.29, 1.82) is 0 Å². The average Bonchev–Trinajstić information content (AvgIpc) is 3.69. The first-order valence-electron chi connectivity index (χ1n) is 16.5. The quantitative estimate of drug-likeness (QED) is 0.188. The molecule has 5 heteroatoms. The van der Waals surface area contributed by atoms with Crippen LogP contribution in [0, 0.1) is 13.8 Å². The lowest BCUT2D eigenvalue weighted by molar-refractivity contribution is 0.473. The van der Waals surface area contributed by atoms with Gasteiger partial charge < -0.3 is 9.52 Å². The van der Waals surface area contributed by atoms with Gasteiger partial charge in [-0.15, -0.1) is 11.3 Å². The molecule has 8 rings (SSSR count). The minimum Gasteiger partial charge on any atom is -0.507 e. The van der Waals surface area contributed by atoms with Gasteiger partial charge in [0.25, 0.3) is 0 Å². The van der Waals surface area contributed by atoms with E-state index in [9.17, 15) is 5.11 Å². The van der Waals surface area contributed by atoms with Crippen LogP contribution in [0.1, 0.15) is 43.0 Å². The highest BCUT2D eigenvalue weighted by Gasteiger charge is 2.20. The van der Waals surface area contributed by atoms with Gasteiger partial charge in [0, 0.05) is 39.2 Å². The summed E-state index contributed by atoms with van der Waals surface area (Å²) in [7, 11) is 0. The van der Waals surface area contributed by atoms with Crippen LogP contribution in [0.5, 0.6) is 5.75 Å². The third kappa shape index (κ3) is 5.70. The number of aromatic hydroxyl groups is 1. The van der Waals surface area contributed by atoms with Gasteiger partial charge in [0.1, 0.15) is 21.9 Å². The Labute approximate surface area is 290 Å². The first kappa shape index (κ1) is 30.8. The van der Waals surface area contributed by atoms with E-state index in [-0.39, 0.29) is 11.2 Å². The maximum atomic E-state index is 10.7. The zero-order valence-electron chi connectivity index (χ0n) is 28.2. The molecule has 1 N–H and O–H groups in total. The second-order valence-electron chi connectivity index (χ2n) is 13.8. The van der Waals surface area contributed by atoms with Crippen molar-refractivity contribution in [1.82, 2.24) is 4.98 Å². The molecule has 2 heterocycles. The van der Waals surface area contributed by atoms with Gasteiger partial charge in [-0.2, -0.15) is 0 Å². The fraction of sp³-hybridized carbons (Fsp3) is 0.136. The van der Waals surface area contributed by atoms with Crippen LogP contribution >= 0.6 is 11.3 Å². The number of aromatic nitrogens is 1. The van der Waals surface area contributed by atoms with E-state index in [2.05, 4.69) is 101 Å². The van der Waals surface area contributed by atoms with Crippen LogP contribution in [0.4, 0.5) is 5.69 Å². The molecule has 240 valence electrons. The summed E-state index contributed by atoms with van der Waals surface area (Å²) in [4.78, 5) is 10.2. The molecular formula is C44H36N2O2S. The number of phenols is 1. The summed E-state index contributed by atoms with van der Waals surface area (Å²) in [6.07, 6.45) is 1.75. The van der Waals surface area contributed by atoms with Gasteiger partial charge in [0.2, 0.25) is 0 Å². The zero-order valence-corrected chi connectivity index (χ0v) is 29.0. The summed E-state index contributed by atoms with van der Waals surface area (Å²) < 4.78 is 7.62. The minimum absolute atomic E-state index is 0.0460. The summed E-state index contributed by atoms with van der Waals surface area (Å²) in [5, 5.41) is 13.7. The topological polar surface area (TPSA) is 58.6 Å². The fourth-order valence-corrected chi connectivity index (χ4v) is 7.71. The molecule has 0 aliphatic heterocycles. The third-order valence-electron chi connectivity index (χ3n) is 9.12. The van der Waals surface area contributed by atoms with E-state index in [4.69, 9.17) is 14.4 Å². The molecule has 2 aromatic heterocycles. The van der Waals surface area contributed by atoms with Gasteiger partial charge in [-0.3, -0.25) is 4.99 Å².